The molecule has 162 valence electrons. The van der Waals surface area contributed by atoms with E-state index in [9.17, 15) is 0 Å². The zero-order chi connectivity index (χ0) is 20.7. The first-order chi connectivity index (χ1) is 13.2. The maximum atomic E-state index is 4.43. The van der Waals surface area contributed by atoms with Crippen molar-refractivity contribution in [3.8, 4) is 0 Å². The third kappa shape index (κ3) is 3.65. The predicted molar refractivity (Wildman–Crippen MR) is 124 cm³/mol. The summed E-state index contributed by atoms with van der Waals surface area (Å²) < 4.78 is 0. The summed E-state index contributed by atoms with van der Waals surface area (Å²) in [6.45, 7) is 21.2. The summed E-state index contributed by atoms with van der Waals surface area (Å²) in [5.41, 5.74) is 3.24. The van der Waals surface area contributed by atoms with E-state index in [2.05, 4.69) is 41.2 Å². The van der Waals surface area contributed by atoms with Crippen LogP contribution in [0.3, 0.4) is 0 Å². The SMILES string of the molecule is C=C(C)C1CCCC2C3CCC4CCC(C)(C)CCC4(C)C3CCC12C.CC. The minimum atomic E-state index is 0.554. The molecule has 0 radical (unpaired) electrons. The molecule has 0 aromatic rings. The maximum absolute atomic E-state index is 4.43. The first kappa shape index (κ1) is 22.4. The van der Waals surface area contributed by atoms with Crippen molar-refractivity contribution in [2.45, 2.75) is 119 Å². The van der Waals surface area contributed by atoms with Crippen molar-refractivity contribution in [3.05, 3.63) is 12.2 Å². The lowest BCUT2D eigenvalue weighted by molar-refractivity contribution is -0.126. The van der Waals surface area contributed by atoms with E-state index in [-0.39, 0.29) is 0 Å². The molecular weight excluding hydrogens is 336 g/mol. The lowest BCUT2D eigenvalue weighted by atomic mass is 9.42. The van der Waals surface area contributed by atoms with Crippen LogP contribution in [-0.2, 0) is 0 Å². The van der Waals surface area contributed by atoms with E-state index in [1.165, 1.54) is 76.2 Å². The Hall–Kier alpha value is -0.260. The van der Waals surface area contributed by atoms with Crippen LogP contribution in [0.25, 0.3) is 0 Å². The van der Waals surface area contributed by atoms with Gasteiger partial charge in [0.05, 0.1) is 0 Å². The Morgan fingerprint density at radius 3 is 2.07 bits per heavy atom. The molecule has 4 rings (SSSR count). The maximum Gasteiger partial charge on any atom is -0.0152 e. The van der Waals surface area contributed by atoms with E-state index in [0.29, 0.717) is 16.2 Å². The first-order valence-corrected chi connectivity index (χ1v) is 12.8. The highest BCUT2D eigenvalue weighted by molar-refractivity contribution is 5.13. The summed E-state index contributed by atoms with van der Waals surface area (Å²) >= 11 is 0. The van der Waals surface area contributed by atoms with Gasteiger partial charge in [-0.15, -0.1) is 0 Å². The van der Waals surface area contributed by atoms with Gasteiger partial charge < -0.3 is 0 Å². The third-order valence-corrected chi connectivity index (χ3v) is 10.4. The molecule has 7 unspecified atom stereocenters. The third-order valence-electron chi connectivity index (χ3n) is 10.4. The molecular formula is C28H50. The van der Waals surface area contributed by atoms with Gasteiger partial charge in [-0.25, -0.2) is 0 Å². The Morgan fingerprint density at radius 2 is 1.39 bits per heavy atom. The number of hydrogen-bond donors (Lipinski definition) is 0. The van der Waals surface area contributed by atoms with Crippen LogP contribution in [0, 0.1) is 45.8 Å². The highest BCUT2D eigenvalue weighted by atomic mass is 14.6. The van der Waals surface area contributed by atoms with Gasteiger partial charge in [0.25, 0.3) is 0 Å². The van der Waals surface area contributed by atoms with Gasteiger partial charge in [-0.2, -0.15) is 0 Å². The smallest absolute Gasteiger partial charge is 0.0152 e. The first-order valence-electron chi connectivity index (χ1n) is 12.8. The van der Waals surface area contributed by atoms with Crippen molar-refractivity contribution >= 4 is 0 Å². The molecule has 0 saturated heterocycles. The minimum absolute atomic E-state index is 0.554. The lowest BCUT2D eigenvalue weighted by Crippen LogP contribution is -2.55. The number of hydrogen-bond acceptors (Lipinski definition) is 0. The Bertz CT molecular complexity index is 556. The summed E-state index contributed by atoms with van der Waals surface area (Å²) in [5.74, 6) is 4.80. The highest BCUT2D eigenvalue weighted by Gasteiger charge is 2.58. The molecule has 4 fully saturated rings. The van der Waals surface area contributed by atoms with E-state index < -0.39 is 0 Å². The molecule has 0 amide bonds. The molecule has 0 spiro atoms. The van der Waals surface area contributed by atoms with Crippen LogP contribution in [0.4, 0.5) is 0 Å². The summed E-state index contributed by atoms with van der Waals surface area (Å²) in [6.07, 6.45) is 16.3. The van der Waals surface area contributed by atoms with Crippen LogP contribution < -0.4 is 0 Å². The molecule has 0 nitrogen and oxygen atoms in total. The van der Waals surface area contributed by atoms with Crippen LogP contribution >= 0.6 is 0 Å². The second-order valence-corrected chi connectivity index (χ2v) is 12.2. The Labute approximate surface area is 177 Å². The standard InChI is InChI=1S/C26H44.C2H6/c1-18(2)21-8-7-9-22-20-11-10-19-12-14-24(3,4)16-17-25(19,5)23(20)13-15-26(21,22)6;1-2/h19-23H,1,7-17H2,2-6H3;1-2H3. The molecule has 28 heavy (non-hydrogen) atoms. The van der Waals surface area contributed by atoms with Crippen molar-refractivity contribution < 1.29 is 0 Å². The van der Waals surface area contributed by atoms with Gasteiger partial charge in [-0.05, 0) is 117 Å². The van der Waals surface area contributed by atoms with E-state index >= 15 is 0 Å². The van der Waals surface area contributed by atoms with E-state index in [4.69, 9.17) is 0 Å². The molecule has 0 N–H and O–H groups in total. The van der Waals surface area contributed by atoms with Gasteiger partial charge >= 0.3 is 0 Å². The number of fused-ring (bicyclic) bond motifs is 5. The average Bonchev–Trinajstić information content (AvgIpc) is 2.78. The van der Waals surface area contributed by atoms with E-state index in [1.54, 1.807) is 0 Å². The fourth-order valence-electron chi connectivity index (χ4n) is 8.70. The van der Waals surface area contributed by atoms with Crippen LogP contribution in [0.1, 0.15) is 119 Å². The van der Waals surface area contributed by atoms with Crippen molar-refractivity contribution in [1.82, 2.24) is 0 Å². The van der Waals surface area contributed by atoms with Gasteiger partial charge in [0.15, 0.2) is 0 Å². The molecule has 4 aliphatic rings. The van der Waals surface area contributed by atoms with Crippen LogP contribution in [0.5, 0.6) is 0 Å². The Kier molecular flexibility index (Phi) is 6.50. The van der Waals surface area contributed by atoms with Crippen LogP contribution in [-0.4, -0.2) is 0 Å². The fraction of sp³-hybridized carbons (Fsp3) is 0.929. The summed E-state index contributed by atoms with van der Waals surface area (Å²) in [6, 6.07) is 0. The van der Waals surface area contributed by atoms with Crippen molar-refractivity contribution in [1.29, 1.82) is 0 Å². The van der Waals surface area contributed by atoms with Gasteiger partial charge in [0.2, 0.25) is 0 Å². The fourth-order valence-corrected chi connectivity index (χ4v) is 8.70. The summed E-state index contributed by atoms with van der Waals surface area (Å²) in [4.78, 5) is 0. The minimum Gasteiger partial charge on any atom is -0.0998 e. The highest BCUT2D eigenvalue weighted by Crippen LogP contribution is 2.67. The monoisotopic (exact) mass is 386 g/mol. The summed E-state index contributed by atoms with van der Waals surface area (Å²) in [5, 5.41) is 0. The summed E-state index contributed by atoms with van der Waals surface area (Å²) in [7, 11) is 0. The van der Waals surface area contributed by atoms with Crippen molar-refractivity contribution in [2.75, 3.05) is 0 Å². The Balaban J connectivity index is 0.00000109. The second-order valence-electron chi connectivity index (χ2n) is 12.2. The zero-order valence-electron chi connectivity index (χ0n) is 20.4. The molecule has 0 heterocycles. The second kappa shape index (κ2) is 8.11. The lowest BCUT2D eigenvalue weighted by Gasteiger charge is -2.63. The van der Waals surface area contributed by atoms with Crippen molar-refractivity contribution in [3.63, 3.8) is 0 Å². The van der Waals surface area contributed by atoms with Gasteiger partial charge in [-0.3, -0.25) is 0 Å². The van der Waals surface area contributed by atoms with Gasteiger partial charge in [0, 0.05) is 0 Å². The topological polar surface area (TPSA) is 0 Å². The van der Waals surface area contributed by atoms with E-state index in [1.807, 2.05) is 13.8 Å². The molecule has 0 aliphatic heterocycles. The molecule has 0 aromatic heterocycles. The molecule has 0 aromatic carbocycles. The Morgan fingerprint density at radius 1 is 0.714 bits per heavy atom. The van der Waals surface area contributed by atoms with Gasteiger partial charge in [-0.1, -0.05) is 60.1 Å². The quantitative estimate of drug-likeness (QED) is 0.394. The normalized spacial score (nSPS) is 47.3. The zero-order valence-corrected chi connectivity index (χ0v) is 20.4. The molecule has 0 bridgehead atoms. The molecule has 0 heteroatoms. The van der Waals surface area contributed by atoms with Crippen molar-refractivity contribution in [2.24, 2.45) is 45.8 Å². The van der Waals surface area contributed by atoms with Crippen LogP contribution in [0.2, 0.25) is 0 Å². The predicted octanol–water partition coefficient (Wildman–Crippen LogP) is 9.05. The number of rotatable bonds is 1. The largest absolute Gasteiger partial charge is 0.0998 e. The molecule has 7 atom stereocenters. The number of allylic oxidation sites excluding steroid dienone is 1. The van der Waals surface area contributed by atoms with Gasteiger partial charge in [0.1, 0.15) is 0 Å². The molecule has 4 saturated carbocycles. The molecule has 4 aliphatic carbocycles. The van der Waals surface area contributed by atoms with E-state index in [0.717, 1.165) is 29.6 Å². The van der Waals surface area contributed by atoms with Crippen LogP contribution in [0.15, 0.2) is 12.2 Å². The average molecular weight is 387 g/mol.